The van der Waals surface area contributed by atoms with Gasteiger partial charge in [0, 0.05) is 0 Å². The molecule has 0 atom stereocenters. The molecule has 19 heavy (non-hydrogen) atoms. The van der Waals surface area contributed by atoms with Crippen molar-refractivity contribution in [1.29, 1.82) is 0 Å². The summed E-state index contributed by atoms with van der Waals surface area (Å²) < 4.78 is 0. The van der Waals surface area contributed by atoms with Crippen LogP contribution in [0.1, 0.15) is 64.4 Å². The van der Waals surface area contributed by atoms with Crippen molar-refractivity contribution < 1.29 is 5.11 Å². The number of hydrogen-bond acceptors (Lipinski definition) is 1. The van der Waals surface area contributed by atoms with Gasteiger partial charge in [0.2, 0.25) is 0 Å². The summed E-state index contributed by atoms with van der Waals surface area (Å²) in [6.07, 6.45) is 11.1. The summed E-state index contributed by atoms with van der Waals surface area (Å²) >= 11 is 0. The standard InChI is InChI=1S/C18H28O/c1-18(2,13-12-15-6-4-3-5-7-15)14-16-8-10-17(19)11-9-16/h8-11,15,19H,3-7,12-14H2,1-2H3. The molecule has 0 heterocycles. The van der Waals surface area contributed by atoms with E-state index >= 15 is 0 Å². The Bertz CT molecular complexity index is 371. The molecule has 106 valence electrons. The fourth-order valence-corrected chi connectivity index (χ4v) is 3.33. The number of benzene rings is 1. The van der Waals surface area contributed by atoms with E-state index in [0.29, 0.717) is 11.2 Å². The second-order valence-electron chi connectivity index (χ2n) is 7.05. The van der Waals surface area contributed by atoms with E-state index in [2.05, 4.69) is 26.0 Å². The molecule has 1 heteroatoms. The van der Waals surface area contributed by atoms with Crippen molar-refractivity contribution in [3.8, 4) is 5.75 Å². The Balaban J connectivity index is 1.81. The van der Waals surface area contributed by atoms with E-state index in [1.165, 1.54) is 50.5 Å². The number of phenols is 1. The van der Waals surface area contributed by atoms with E-state index in [9.17, 15) is 5.11 Å². The van der Waals surface area contributed by atoms with Crippen molar-refractivity contribution in [3.63, 3.8) is 0 Å². The van der Waals surface area contributed by atoms with Crippen LogP contribution < -0.4 is 0 Å². The molecule has 0 aliphatic heterocycles. The zero-order valence-corrected chi connectivity index (χ0v) is 12.5. The van der Waals surface area contributed by atoms with E-state index in [1.54, 1.807) is 12.1 Å². The first-order valence-corrected chi connectivity index (χ1v) is 7.83. The van der Waals surface area contributed by atoms with Crippen molar-refractivity contribution in [1.82, 2.24) is 0 Å². The van der Waals surface area contributed by atoms with Gasteiger partial charge in [-0.1, -0.05) is 58.1 Å². The van der Waals surface area contributed by atoms with Crippen molar-refractivity contribution >= 4 is 0 Å². The SMILES string of the molecule is CC(C)(CCC1CCCCC1)Cc1ccc(O)cc1. The molecule has 0 unspecified atom stereocenters. The first-order valence-electron chi connectivity index (χ1n) is 7.83. The Kier molecular flexibility index (Phi) is 4.90. The van der Waals surface area contributed by atoms with E-state index < -0.39 is 0 Å². The van der Waals surface area contributed by atoms with Crippen molar-refractivity contribution in [2.45, 2.75) is 65.2 Å². The van der Waals surface area contributed by atoms with Gasteiger partial charge < -0.3 is 5.11 Å². The topological polar surface area (TPSA) is 20.2 Å². The Morgan fingerprint density at radius 2 is 1.68 bits per heavy atom. The minimum atomic E-state index is 0.365. The van der Waals surface area contributed by atoms with E-state index in [0.717, 1.165) is 12.3 Å². The lowest BCUT2D eigenvalue weighted by molar-refractivity contribution is 0.256. The van der Waals surface area contributed by atoms with Gasteiger partial charge in [0.1, 0.15) is 5.75 Å². The van der Waals surface area contributed by atoms with Crippen LogP contribution in [0.25, 0.3) is 0 Å². The highest BCUT2D eigenvalue weighted by Crippen LogP contribution is 2.34. The lowest BCUT2D eigenvalue weighted by atomic mass is 9.77. The van der Waals surface area contributed by atoms with E-state index in [1.807, 2.05) is 0 Å². The molecule has 0 saturated heterocycles. The van der Waals surface area contributed by atoms with Gasteiger partial charge in [0.15, 0.2) is 0 Å². The van der Waals surface area contributed by atoms with Crippen LogP contribution in [0.3, 0.4) is 0 Å². The molecule has 1 aromatic rings. The maximum Gasteiger partial charge on any atom is 0.115 e. The second-order valence-corrected chi connectivity index (χ2v) is 7.05. The third kappa shape index (κ3) is 4.89. The number of rotatable bonds is 5. The summed E-state index contributed by atoms with van der Waals surface area (Å²) in [7, 11) is 0. The van der Waals surface area contributed by atoms with Gasteiger partial charge in [-0.15, -0.1) is 0 Å². The van der Waals surface area contributed by atoms with Crippen LogP contribution >= 0.6 is 0 Å². The number of hydrogen-bond donors (Lipinski definition) is 1. The maximum absolute atomic E-state index is 9.33. The zero-order valence-electron chi connectivity index (χ0n) is 12.5. The first-order chi connectivity index (χ1) is 9.05. The smallest absolute Gasteiger partial charge is 0.115 e. The Morgan fingerprint density at radius 3 is 2.32 bits per heavy atom. The molecule has 1 nitrogen and oxygen atoms in total. The number of phenolic OH excluding ortho intramolecular Hbond substituents is 1. The van der Waals surface area contributed by atoms with Crippen molar-refractivity contribution in [3.05, 3.63) is 29.8 Å². The van der Waals surface area contributed by atoms with Gasteiger partial charge in [0.25, 0.3) is 0 Å². The highest BCUT2D eigenvalue weighted by Gasteiger charge is 2.21. The Morgan fingerprint density at radius 1 is 1.05 bits per heavy atom. The highest BCUT2D eigenvalue weighted by atomic mass is 16.3. The quantitative estimate of drug-likeness (QED) is 0.759. The van der Waals surface area contributed by atoms with Crippen LogP contribution in [-0.2, 0) is 6.42 Å². The molecular weight excluding hydrogens is 232 g/mol. The molecule has 0 radical (unpaired) electrons. The normalized spacial score (nSPS) is 17.6. The monoisotopic (exact) mass is 260 g/mol. The molecule has 1 aliphatic rings. The third-order valence-electron chi connectivity index (χ3n) is 4.57. The first kappa shape index (κ1) is 14.4. The average Bonchev–Trinajstić information content (AvgIpc) is 2.40. The molecular formula is C18H28O. The summed E-state index contributed by atoms with van der Waals surface area (Å²) in [5.74, 6) is 1.34. The largest absolute Gasteiger partial charge is 0.508 e. The predicted octanol–water partition coefficient (Wildman–Crippen LogP) is 5.32. The van der Waals surface area contributed by atoms with Crippen molar-refractivity contribution in [2.24, 2.45) is 11.3 Å². The molecule has 2 rings (SSSR count). The van der Waals surface area contributed by atoms with Gasteiger partial charge >= 0.3 is 0 Å². The molecule has 1 N–H and O–H groups in total. The van der Waals surface area contributed by atoms with Crippen molar-refractivity contribution in [2.75, 3.05) is 0 Å². The summed E-state index contributed by atoms with van der Waals surface area (Å²) in [4.78, 5) is 0. The summed E-state index contributed by atoms with van der Waals surface area (Å²) in [6.45, 7) is 4.76. The van der Waals surface area contributed by atoms with Crippen LogP contribution in [0.4, 0.5) is 0 Å². The minimum Gasteiger partial charge on any atom is -0.508 e. The second kappa shape index (κ2) is 6.45. The van der Waals surface area contributed by atoms with Gasteiger partial charge in [-0.2, -0.15) is 0 Å². The van der Waals surface area contributed by atoms with Gasteiger partial charge in [-0.25, -0.2) is 0 Å². The summed E-state index contributed by atoms with van der Waals surface area (Å²) in [5.41, 5.74) is 1.71. The van der Waals surface area contributed by atoms with Crippen LogP contribution in [0.5, 0.6) is 5.75 Å². The molecule has 1 aliphatic carbocycles. The molecule has 1 fully saturated rings. The van der Waals surface area contributed by atoms with Crippen LogP contribution in [0.15, 0.2) is 24.3 Å². The molecule has 0 spiro atoms. The third-order valence-corrected chi connectivity index (χ3v) is 4.57. The molecule has 0 aromatic heterocycles. The van der Waals surface area contributed by atoms with E-state index in [-0.39, 0.29) is 0 Å². The Labute approximate surface area is 118 Å². The molecule has 1 saturated carbocycles. The number of aromatic hydroxyl groups is 1. The summed E-state index contributed by atoms with van der Waals surface area (Å²) in [5, 5.41) is 9.33. The highest BCUT2D eigenvalue weighted by molar-refractivity contribution is 5.26. The fourth-order valence-electron chi connectivity index (χ4n) is 3.33. The van der Waals surface area contributed by atoms with Crippen LogP contribution in [-0.4, -0.2) is 5.11 Å². The van der Waals surface area contributed by atoms with E-state index in [4.69, 9.17) is 0 Å². The average molecular weight is 260 g/mol. The summed E-state index contributed by atoms with van der Waals surface area (Å²) in [6, 6.07) is 7.70. The Hall–Kier alpha value is -0.980. The lowest BCUT2D eigenvalue weighted by Crippen LogP contribution is -2.17. The maximum atomic E-state index is 9.33. The molecule has 0 amide bonds. The molecule has 0 bridgehead atoms. The van der Waals surface area contributed by atoms with Crippen LogP contribution in [0.2, 0.25) is 0 Å². The zero-order chi connectivity index (χ0) is 13.7. The minimum absolute atomic E-state index is 0.365. The molecule has 1 aromatic carbocycles. The van der Waals surface area contributed by atoms with Gasteiger partial charge in [0.05, 0.1) is 0 Å². The lowest BCUT2D eigenvalue weighted by Gasteiger charge is -2.29. The van der Waals surface area contributed by atoms with Gasteiger partial charge in [-0.3, -0.25) is 0 Å². The fraction of sp³-hybridized carbons (Fsp3) is 0.667. The van der Waals surface area contributed by atoms with Gasteiger partial charge in [-0.05, 0) is 48.3 Å². The van der Waals surface area contributed by atoms with Crippen LogP contribution in [0, 0.1) is 11.3 Å². The predicted molar refractivity (Wildman–Crippen MR) is 81.4 cm³/mol.